The largest absolute Gasteiger partial charge is 0.490 e. The molecule has 1 aromatic carbocycles. The van der Waals surface area contributed by atoms with Gasteiger partial charge >= 0.3 is 6.61 Å². The zero-order chi connectivity index (χ0) is 12.1. The van der Waals surface area contributed by atoms with Gasteiger partial charge in [-0.05, 0) is 30.5 Å². The van der Waals surface area contributed by atoms with Crippen molar-refractivity contribution in [1.82, 2.24) is 0 Å². The summed E-state index contributed by atoms with van der Waals surface area (Å²) in [4.78, 5) is 0. The van der Waals surface area contributed by atoms with E-state index in [1.807, 2.05) is 13.8 Å². The summed E-state index contributed by atoms with van der Waals surface area (Å²) < 4.78 is 33.9. The first kappa shape index (κ1) is 12.7. The van der Waals surface area contributed by atoms with Gasteiger partial charge < -0.3 is 9.47 Å². The first-order valence-electron chi connectivity index (χ1n) is 5.26. The van der Waals surface area contributed by atoms with Crippen LogP contribution < -0.4 is 9.47 Å². The highest BCUT2D eigenvalue weighted by atomic mass is 19.3. The van der Waals surface area contributed by atoms with Crippen LogP contribution in [0.4, 0.5) is 8.78 Å². The van der Waals surface area contributed by atoms with Gasteiger partial charge in [0.05, 0.1) is 6.61 Å². The van der Waals surface area contributed by atoms with E-state index < -0.39 is 6.61 Å². The standard InChI is InChI=1S/C12H16F2O2/c1-4-15-11-7-9(8(2)3)5-6-10(11)16-12(13)14/h5-8,12H,4H2,1-3H3. The molecule has 0 fully saturated rings. The summed E-state index contributed by atoms with van der Waals surface area (Å²) in [5.74, 6) is 0.773. The summed E-state index contributed by atoms with van der Waals surface area (Å²) >= 11 is 0. The minimum absolute atomic E-state index is 0.0845. The van der Waals surface area contributed by atoms with Crippen molar-refractivity contribution in [1.29, 1.82) is 0 Å². The fourth-order valence-electron chi connectivity index (χ4n) is 1.35. The maximum absolute atomic E-state index is 12.1. The monoisotopic (exact) mass is 230 g/mol. The van der Waals surface area contributed by atoms with Crippen molar-refractivity contribution in [2.45, 2.75) is 33.3 Å². The lowest BCUT2D eigenvalue weighted by molar-refractivity contribution is -0.0514. The van der Waals surface area contributed by atoms with Crippen molar-refractivity contribution in [2.75, 3.05) is 6.61 Å². The van der Waals surface area contributed by atoms with Gasteiger partial charge in [-0.2, -0.15) is 8.78 Å². The Bertz CT molecular complexity index is 338. The second-order valence-corrected chi connectivity index (χ2v) is 3.67. The Balaban J connectivity index is 2.99. The van der Waals surface area contributed by atoms with Gasteiger partial charge in [-0.15, -0.1) is 0 Å². The second-order valence-electron chi connectivity index (χ2n) is 3.67. The lowest BCUT2D eigenvalue weighted by Crippen LogP contribution is -2.05. The predicted molar refractivity (Wildman–Crippen MR) is 58.3 cm³/mol. The van der Waals surface area contributed by atoms with Crippen LogP contribution >= 0.6 is 0 Å². The molecule has 0 heterocycles. The third kappa shape index (κ3) is 3.36. The van der Waals surface area contributed by atoms with Crippen LogP contribution in [0.1, 0.15) is 32.3 Å². The van der Waals surface area contributed by atoms with E-state index >= 15 is 0 Å². The molecule has 0 aliphatic carbocycles. The number of alkyl halides is 2. The van der Waals surface area contributed by atoms with E-state index in [-0.39, 0.29) is 5.75 Å². The van der Waals surface area contributed by atoms with Crippen LogP contribution in [-0.2, 0) is 0 Å². The maximum atomic E-state index is 12.1. The molecule has 16 heavy (non-hydrogen) atoms. The highest BCUT2D eigenvalue weighted by molar-refractivity contribution is 5.43. The molecule has 0 atom stereocenters. The van der Waals surface area contributed by atoms with E-state index in [9.17, 15) is 8.78 Å². The molecule has 4 heteroatoms. The first-order chi connectivity index (χ1) is 7.54. The van der Waals surface area contributed by atoms with Crippen LogP contribution in [0.3, 0.4) is 0 Å². The van der Waals surface area contributed by atoms with Crippen LogP contribution in [0.15, 0.2) is 18.2 Å². The summed E-state index contributed by atoms with van der Waals surface area (Å²) in [6.45, 7) is 3.44. The van der Waals surface area contributed by atoms with E-state index in [0.29, 0.717) is 18.3 Å². The number of benzene rings is 1. The summed E-state index contributed by atoms with van der Waals surface area (Å²) in [6.07, 6.45) is 0. The van der Waals surface area contributed by atoms with Gasteiger partial charge in [0.25, 0.3) is 0 Å². The van der Waals surface area contributed by atoms with Crippen LogP contribution in [0.2, 0.25) is 0 Å². The van der Waals surface area contributed by atoms with Gasteiger partial charge in [-0.1, -0.05) is 19.9 Å². The highest BCUT2D eigenvalue weighted by Crippen LogP contribution is 2.32. The van der Waals surface area contributed by atoms with Gasteiger partial charge in [0.2, 0.25) is 0 Å². The number of hydrogen-bond donors (Lipinski definition) is 0. The quantitative estimate of drug-likeness (QED) is 0.765. The molecular formula is C12H16F2O2. The Hall–Kier alpha value is -1.32. The number of rotatable bonds is 5. The molecule has 0 aromatic heterocycles. The number of halogens is 2. The molecule has 0 spiro atoms. The molecule has 0 bridgehead atoms. The van der Waals surface area contributed by atoms with E-state index in [4.69, 9.17) is 4.74 Å². The molecule has 0 saturated carbocycles. The first-order valence-corrected chi connectivity index (χ1v) is 5.26. The normalized spacial score (nSPS) is 10.9. The summed E-state index contributed by atoms with van der Waals surface area (Å²) in [6, 6.07) is 5.03. The predicted octanol–water partition coefficient (Wildman–Crippen LogP) is 3.81. The Labute approximate surface area is 94.2 Å². The topological polar surface area (TPSA) is 18.5 Å². The van der Waals surface area contributed by atoms with Crippen LogP contribution in [0.25, 0.3) is 0 Å². The molecule has 0 radical (unpaired) electrons. The van der Waals surface area contributed by atoms with Crippen LogP contribution in [0.5, 0.6) is 11.5 Å². The van der Waals surface area contributed by atoms with Gasteiger partial charge in [-0.25, -0.2) is 0 Å². The van der Waals surface area contributed by atoms with E-state index in [1.165, 1.54) is 6.07 Å². The smallest absolute Gasteiger partial charge is 0.387 e. The summed E-state index contributed by atoms with van der Waals surface area (Å²) in [5.41, 5.74) is 1.03. The molecular weight excluding hydrogens is 214 g/mol. The second kappa shape index (κ2) is 5.68. The Morgan fingerprint density at radius 2 is 1.88 bits per heavy atom. The van der Waals surface area contributed by atoms with Crippen LogP contribution in [0, 0.1) is 0 Å². The van der Waals surface area contributed by atoms with Gasteiger partial charge in [0, 0.05) is 0 Å². The van der Waals surface area contributed by atoms with E-state index in [0.717, 1.165) is 5.56 Å². The molecule has 2 nitrogen and oxygen atoms in total. The Kier molecular flexibility index (Phi) is 4.52. The fraction of sp³-hybridized carbons (Fsp3) is 0.500. The number of hydrogen-bond acceptors (Lipinski definition) is 2. The third-order valence-electron chi connectivity index (χ3n) is 2.15. The maximum Gasteiger partial charge on any atom is 0.387 e. The minimum Gasteiger partial charge on any atom is -0.490 e. The zero-order valence-electron chi connectivity index (χ0n) is 9.67. The van der Waals surface area contributed by atoms with Crippen molar-refractivity contribution < 1.29 is 18.3 Å². The molecule has 90 valence electrons. The molecule has 0 saturated heterocycles. The molecule has 0 aliphatic rings. The van der Waals surface area contributed by atoms with E-state index in [2.05, 4.69) is 4.74 Å². The lowest BCUT2D eigenvalue weighted by atomic mass is 10.0. The average Bonchev–Trinajstić information content (AvgIpc) is 2.20. The van der Waals surface area contributed by atoms with Crippen molar-refractivity contribution in [2.24, 2.45) is 0 Å². The third-order valence-corrected chi connectivity index (χ3v) is 2.15. The van der Waals surface area contributed by atoms with Crippen molar-refractivity contribution in [3.63, 3.8) is 0 Å². The van der Waals surface area contributed by atoms with Crippen molar-refractivity contribution >= 4 is 0 Å². The average molecular weight is 230 g/mol. The summed E-state index contributed by atoms with van der Waals surface area (Å²) in [5, 5.41) is 0. The Morgan fingerprint density at radius 1 is 1.19 bits per heavy atom. The van der Waals surface area contributed by atoms with Gasteiger partial charge in [0.15, 0.2) is 11.5 Å². The van der Waals surface area contributed by atoms with Crippen LogP contribution in [-0.4, -0.2) is 13.2 Å². The molecule has 0 amide bonds. The minimum atomic E-state index is -2.83. The van der Waals surface area contributed by atoms with E-state index in [1.54, 1.807) is 19.1 Å². The SMILES string of the molecule is CCOc1cc(C(C)C)ccc1OC(F)F. The van der Waals surface area contributed by atoms with Crippen molar-refractivity contribution in [3.05, 3.63) is 23.8 Å². The molecule has 0 N–H and O–H groups in total. The van der Waals surface area contributed by atoms with Gasteiger partial charge in [-0.3, -0.25) is 0 Å². The summed E-state index contributed by atoms with van der Waals surface area (Å²) in [7, 11) is 0. The molecule has 1 rings (SSSR count). The lowest BCUT2D eigenvalue weighted by Gasteiger charge is -2.14. The number of ether oxygens (including phenoxy) is 2. The highest BCUT2D eigenvalue weighted by Gasteiger charge is 2.12. The van der Waals surface area contributed by atoms with Crippen molar-refractivity contribution in [3.8, 4) is 11.5 Å². The fourth-order valence-corrected chi connectivity index (χ4v) is 1.35. The molecule has 0 aliphatic heterocycles. The van der Waals surface area contributed by atoms with Gasteiger partial charge in [0.1, 0.15) is 0 Å². The Morgan fingerprint density at radius 3 is 2.38 bits per heavy atom. The molecule has 1 aromatic rings. The molecule has 0 unspecified atom stereocenters. The zero-order valence-corrected chi connectivity index (χ0v) is 9.67.